The Kier molecular flexibility index (Phi) is 8.23. The molecule has 0 aliphatic carbocycles. The molecule has 0 bridgehead atoms. The molecule has 2 aromatic rings. The minimum atomic E-state index is -0.837. The van der Waals surface area contributed by atoms with Crippen LogP contribution in [0, 0.1) is 5.92 Å². The molecule has 7 heteroatoms. The number of aromatic nitrogens is 2. The van der Waals surface area contributed by atoms with E-state index in [0.29, 0.717) is 38.6 Å². The summed E-state index contributed by atoms with van der Waals surface area (Å²) in [6.07, 6.45) is 7.82. The summed E-state index contributed by atoms with van der Waals surface area (Å²) in [5.41, 5.74) is 2.91. The van der Waals surface area contributed by atoms with Crippen LogP contribution < -0.4 is 0 Å². The first kappa shape index (κ1) is 21.8. The van der Waals surface area contributed by atoms with Gasteiger partial charge in [0.05, 0.1) is 17.9 Å². The summed E-state index contributed by atoms with van der Waals surface area (Å²) in [5, 5.41) is 9.33. The highest BCUT2D eigenvalue weighted by Gasteiger charge is 2.16. The second kappa shape index (κ2) is 11.3. The number of carbonyl (C=O) groups is 1. The van der Waals surface area contributed by atoms with Crippen LogP contribution in [0.2, 0.25) is 0 Å². The molecule has 30 heavy (non-hydrogen) atoms. The second-order valence-electron chi connectivity index (χ2n) is 7.63. The minimum absolute atomic E-state index is 0.0215. The van der Waals surface area contributed by atoms with Crippen molar-refractivity contribution in [2.45, 2.75) is 20.0 Å². The number of aliphatic imine (C=N–C) groups is 1. The number of carboxylic acid groups (broad SMARTS) is 1. The van der Waals surface area contributed by atoms with Gasteiger partial charge in [0.25, 0.3) is 0 Å². The van der Waals surface area contributed by atoms with Gasteiger partial charge in [-0.15, -0.1) is 0 Å². The lowest BCUT2D eigenvalue weighted by Gasteiger charge is -2.27. The van der Waals surface area contributed by atoms with Crippen molar-refractivity contribution in [3.8, 4) is 0 Å². The first-order chi connectivity index (χ1) is 14.6. The number of carboxylic acids is 1. The van der Waals surface area contributed by atoms with E-state index in [4.69, 9.17) is 0 Å². The number of hydrogen-bond acceptors (Lipinski definition) is 6. The van der Waals surface area contributed by atoms with Crippen molar-refractivity contribution in [1.29, 1.82) is 0 Å². The molecule has 0 saturated heterocycles. The van der Waals surface area contributed by atoms with Crippen molar-refractivity contribution in [2.24, 2.45) is 10.9 Å². The molecule has 1 unspecified atom stereocenters. The van der Waals surface area contributed by atoms with Crippen LogP contribution in [-0.4, -0.2) is 69.3 Å². The Bertz CT molecular complexity index is 854. The molecule has 0 spiro atoms. The highest BCUT2D eigenvalue weighted by Crippen LogP contribution is 2.09. The van der Waals surface area contributed by atoms with E-state index in [2.05, 4.69) is 38.9 Å². The van der Waals surface area contributed by atoms with Gasteiger partial charge in [-0.3, -0.25) is 29.6 Å². The van der Waals surface area contributed by atoms with E-state index in [9.17, 15) is 9.90 Å². The van der Waals surface area contributed by atoms with Gasteiger partial charge in [-0.05, 0) is 36.3 Å². The summed E-state index contributed by atoms with van der Waals surface area (Å²) in [5.74, 6) is -0.363. The smallest absolute Gasteiger partial charge is 0.317 e. The van der Waals surface area contributed by atoms with Gasteiger partial charge < -0.3 is 5.11 Å². The van der Waals surface area contributed by atoms with Gasteiger partial charge in [0.15, 0.2) is 0 Å². The van der Waals surface area contributed by atoms with Gasteiger partial charge in [0, 0.05) is 57.4 Å². The SMILES string of the molecule is CC1C=CC(CN(CCN(CC(=O)O)Cc2ccccn2)Cc2ccccn2)=NC1. The third-order valence-corrected chi connectivity index (χ3v) is 4.90. The van der Waals surface area contributed by atoms with E-state index in [0.717, 1.165) is 23.6 Å². The van der Waals surface area contributed by atoms with Crippen molar-refractivity contribution in [1.82, 2.24) is 19.8 Å². The average Bonchev–Trinajstić information content (AvgIpc) is 2.74. The molecule has 0 aromatic carbocycles. The van der Waals surface area contributed by atoms with Crippen LogP contribution >= 0.6 is 0 Å². The van der Waals surface area contributed by atoms with Gasteiger partial charge in [0.1, 0.15) is 0 Å². The lowest BCUT2D eigenvalue weighted by Crippen LogP contribution is -2.39. The molecule has 7 nitrogen and oxygen atoms in total. The molecule has 0 radical (unpaired) electrons. The molecule has 158 valence electrons. The maximum absolute atomic E-state index is 11.4. The van der Waals surface area contributed by atoms with Crippen LogP contribution in [0.1, 0.15) is 18.3 Å². The van der Waals surface area contributed by atoms with Crippen molar-refractivity contribution in [3.05, 3.63) is 72.3 Å². The normalized spacial score (nSPS) is 16.1. The van der Waals surface area contributed by atoms with Gasteiger partial charge in [-0.2, -0.15) is 0 Å². The molecular formula is C23H29N5O2. The molecule has 0 saturated carbocycles. The number of aliphatic carboxylic acids is 1. The minimum Gasteiger partial charge on any atom is -0.480 e. The zero-order valence-corrected chi connectivity index (χ0v) is 17.4. The molecule has 1 aliphatic rings. The van der Waals surface area contributed by atoms with Crippen molar-refractivity contribution < 1.29 is 9.90 Å². The Morgan fingerprint density at radius 3 is 2.17 bits per heavy atom. The molecule has 3 heterocycles. The van der Waals surface area contributed by atoms with Gasteiger partial charge in [-0.25, -0.2) is 0 Å². The second-order valence-corrected chi connectivity index (χ2v) is 7.63. The average molecular weight is 408 g/mol. The zero-order valence-electron chi connectivity index (χ0n) is 17.4. The Balaban J connectivity index is 1.66. The van der Waals surface area contributed by atoms with E-state index in [1.807, 2.05) is 41.3 Å². The Morgan fingerprint density at radius 2 is 1.63 bits per heavy atom. The van der Waals surface area contributed by atoms with E-state index in [-0.39, 0.29) is 6.54 Å². The predicted octanol–water partition coefficient (Wildman–Crippen LogP) is 2.51. The lowest BCUT2D eigenvalue weighted by atomic mass is 10.1. The Morgan fingerprint density at radius 1 is 1.00 bits per heavy atom. The standard InChI is InChI=1S/C23H29N5O2/c1-19-8-9-22(26-14-19)17-27(15-20-6-2-4-10-24-20)12-13-28(18-23(29)30)16-21-7-3-5-11-25-21/h2-11,19H,12-18H2,1H3,(H,29,30). The van der Waals surface area contributed by atoms with Crippen molar-refractivity contribution >= 4 is 11.7 Å². The Labute approximate surface area is 177 Å². The number of pyridine rings is 2. The zero-order chi connectivity index (χ0) is 21.2. The largest absolute Gasteiger partial charge is 0.480 e. The first-order valence-corrected chi connectivity index (χ1v) is 10.3. The fraction of sp³-hybridized carbons (Fsp3) is 0.391. The number of hydrogen-bond donors (Lipinski definition) is 1. The predicted molar refractivity (Wildman–Crippen MR) is 117 cm³/mol. The summed E-state index contributed by atoms with van der Waals surface area (Å²) < 4.78 is 0. The highest BCUT2D eigenvalue weighted by molar-refractivity contribution is 5.97. The maximum atomic E-state index is 11.4. The van der Waals surface area contributed by atoms with E-state index >= 15 is 0 Å². The summed E-state index contributed by atoms with van der Waals surface area (Å²) in [6.45, 7) is 6.17. The van der Waals surface area contributed by atoms with Crippen molar-refractivity contribution in [2.75, 3.05) is 32.7 Å². The van der Waals surface area contributed by atoms with Gasteiger partial charge in [0.2, 0.25) is 0 Å². The maximum Gasteiger partial charge on any atom is 0.317 e. The van der Waals surface area contributed by atoms with E-state index in [1.165, 1.54) is 0 Å². The van der Waals surface area contributed by atoms with Crippen LogP contribution in [0.3, 0.4) is 0 Å². The highest BCUT2D eigenvalue weighted by atomic mass is 16.4. The number of dihydropyridines is 1. The molecule has 1 aliphatic heterocycles. The summed E-state index contributed by atoms with van der Waals surface area (Å²) in [7, 11) is 0. The molecular weight excluding hydrogens is 378 g/mol. The van der Waals surface area contributed by atoms with E-state index < -0.39 is 5.97 Å². The quantitative estimate of drug-likeness (QED) is 0.616. The van der Waals surface area contributed by atoms with Crippen molar-refractivity contribution in [3.63, 3.8) is 0 Å². The molecule has 1 N–H and O–H groups in total. The molecule has 0 amide bonds. The van der Waals surface area contributed by atoms with E-state index in [1.54, 1.807) is 12.4 Å². The van der Waals surface area contributed by atoms with Crippen LogP contribution in [0.25, 0.3) is 0 Å². The monoisotopic (exact) mass is 407 g/mol. The molecule has 1 atom stereocenters. The van der Waals surface area contributed by atoms with Crippen LogP contribution in [0.15, 0.2) is 65.9 Å². The lowest BCUT2D eigenvalue weighted by molar-refractivity contribution is -0.138. The third-order valence-electron chi connectivity index (χ3n) is 4.90. The molecule has 3 rings (SSSR count). The first-order valence-electron chi connectivity index (χ1n) is 10.3. The molecule has 0 fully saturated rings. The number of rotatable bonds is 11. The Hall–Kier alpha value is -2.90. The van der Waals surface area contributed by atoms with Crippen LogP contribution in [0.4, 0.5) is 0 Å². The third kappa shape index (κ3) is 7.50. The summed E-state index contributed by atoms with van der Waals surface area (Å²) >= 11 is 0. The summed E-state index contributed by atoms with van der Waals surface area (Å²) in [6, 6.07) is 11.6. The summed E-state index contributed by atoms with van der Waals surface area (Å²) in [4.78, 5) is 29.0. The van der Waals surface area contributed by atoms with Crippen LogP contribution in [-0.2, 0) is 17.9 Å². The van der Waals surface area contributed by atoms with Gasteiger partial charge in [-0.1, -0.05) is 25.1 Å². The van der Waals surface area contributed by atoms with Crippen LogP contribution in [0.5, 0.6) is 0 Å². The van der Waals surface area contributed by atoms with Gasteiger partial charge >= 0.3 is 5.97 Å². The fourth-order valence-electron chi connectivity index (χ4n) is 3.33. The molecule has 2 aromatic heterocycles. The topological polar surface area (TPSA) is 81.9 Å². The fourth-order valence-corrected chi connectivity index (χ4v) is 3.33. The number of nitrogens with zero attached hydrogens (tertiary/aromatic N) is 5.